The van der Waals surface area contributed by atoms with Gasteiger partial charge in [-0.2, -0.15) is 5.26 Å². The maximum absolute atomic E-state index is 12.2. The zero-order valence-electron chi connectivity index (χ0n) is 13.7. The summed E-state index contributed by atoms with van der Waals surface area (Å²) >= 11 is 0. The van der Waals surface area contributed by atoms with Crippen molar-refractivity contribution in [2.45, 2.75) is 45.1 Å². The Morgan fingerprint density at radius 1 is 1.43 bits per heavy atom. The van der Waals surface area contributed by atoms with E-state index < -0.39 is 5.60 Å². The first kappa shape index (κ1) is 16.9. The van der Waals surface area contributed by atoms with Crippen LogP contribution in [0.4, 0.5) is 10.5 Å². The number of ether oxygens (including phenoxy) is 1. The van der Waals surface area contributed by atoms with Crippen LogP contribution in [0, 0.1) is 16.2 Å². The number of nitriles is 1. The number of carbonyl (C=O) groups is 1. The molecule has 0 aliphatic carbocycles. The minimum Gasteiger partial charge on any atom is -0.444 e. The summed E-state index contributed by atoms with van der Waals surface area (Å²) < 4.78 is 5.42. The van der Waals surface area contributed by atoms with Crippen LogP contribution in [0.2, 0.25) is 0 Å². The average molecular weight is 315 g/mol. The Labute approximate surface area is 136 Å². The van der Waals surface area contributed by atoms with Crippen LogP contribution in [-0.2, 0) is 4.74 Å². The number of piperidine rings is 1. The van der Waals surface area contributed by atoms with Crippen LogP contribution in [0.15, 0.2) is 23.4 Å². The van der Waals surface area contributed by atoms with Crippen LogP contribution in [-0.4, -0.2) is 29.7 Å². The highest BCUT2D eigenvalue weighted by Gasteiger charge is 2.28. The summed E-state index contributed by atoms with van der Waals surface area (Å²) in [4.78, 5) is 24.6. The lowest BCUT2D eigenvalue weighted by Crippen LogP contribution is -2.42. The molecule has 0 bridgehead atoms. The Bertz CT molecular complexity index is 643. The SMILES string of the molecule is CC(C)(C)OC(=O)N1CCCC(c2ccc(N=O)c(C#N)c2)C1. The number of rotatable bonds is 2. The van der Waals surface area contributed by atoms with E-state index in [2.05, 4.69) is 5.18 Å². The average Bonchev–Trinajstić information content (AvgIpc) is 2.52. The van der Waals surface area contributed by atoms with Gasteiger partial charge in [-0.3, -0.25) is 0 Å². The summed E-state index contributed by atoms with van der Waals surface area (Å²) in [5.41, 5.74) is 0.847. The van der Waals surface area contributed by atoms with Crippen molar-refractivity contribution in [2.24, 2.45) is 5.18 Å². The fourth-order valence-electron chi connectivity index (χ4n) is 2.72. The first-order valence-electron chi connectivity index (χ1n) is 7.69. The van der Waals surface area contributed by atoms with Crippen LogP contribution in [0.3, 0.4) is 0 Å². The second-order valence-corrected chi connectivity index (χ2v) is 6.75. The Balaban J connectivity index is 2.14. The van der Waals surface area contributed by atoms with Gasteiger partial charge in [-0.1, -0.05) is 6.07 Å². The van der Waals surface area contributed by atoms with Gasteiger partial charge < -0.3 is 9.64 Å². The second-order valence-electron chi connectivity index (χ2n) is 6.75. The lowest BCUT2D eigenvalue weighted by molar-refractivity contribution is 0.0198. The topological polar surface area (TPSA) is 82.8 Å². The molecular formula is C17H21N3O3. The number of carbonyl (C=O) groups excluding carboxylic acids is 1. The van der Waals surface area contributed by atoms with Crippen LogP contribution in [0.1, 0.15) is 50.7 Å². The van der Waals surface area contributed by atoms with Crippen molar-refractivity contribution >= 4 is 11.8 Å². The molecule has 1 aromatic rings. The number of likely N-dealkylation sites (tertiary alicyclic amines) is 1. The maximum atomic E-state index is 12.2. The maximum Gasteiger partial charge on any atom is 0.410 e. The van der Waals surface area contributed by atoms with Gasteiger partial charge in [0.05, 0.1) is 5.56 Å². The predicted molar refractivity (Wildman–Crippen MR) is 86.4 cm³/mol. The molecular weight excluding hydrogens is 294 g/mol. The lowest BCUT2D eigenvalue weighted by Gasteiger charge is -2.34. The van der Waals surface area contributed by atoms with E-state index in [9.17, 15) is 9.70 Å². The minimum absolute atomic E-state index is 0.129. The molecule has 1 aromatic carbocycles. The lowest BCUT2D eigenvalue weighted by atomic mass is 9.89. The van der Waals surface area contributed by atoms with E-state index >= 15 is 0 Å². The molecule has 0 spiro atoms. The van der Waals surface area contributed by atoms with Gasteiger partial charge in [-0.15, -0.1) is 4.91 Å². The molecule has 1 atom stereocenters. The molecule has 0 saturated carbocycles. The van der Waals surface area contributed by atoms with E-state index in [1.165, 1.54) is 0 Å². The van der Waals surface area contributed by atoms with E-state index in [1.54, 1.807) is 23.1 Å². The first-order chi connectivity index (χ1) is 10.8. The molecule has 6 heteroatoms. The van der Waals surface area contributed by atoms with Crippen LogP contribution >= 0.6 is 0 Å². The smallest absolute Gasteiger partial charge is 0.410 e. The fourth-order valence-corrected chi connectivity index (χ4v) is 2.72. The van der Waals surface area contributed by atoms with Crippen molar-refractivity contribution in [2.75, 3.05) is 13.1 Å². The Morgan fingerprint density at radius 2 is 2.17 bits per heavy atom. The van der Waals surface area contributed by atoms with Crippen molar-refractivity contribution < 1.29 is 9.53 Å². The molecule has 122 valence electrons. The zero-order chi connectivity index (χ0) is 17.0. The molecule has 1 unspecified atom stereocenters. The normalized spacial score (nSPS) is 18.2. The van der Waals surface area contributed by atoms with Gasteiger partial charge in [0.2, 0.25) is 0 Å². The Hall–Kier alpha value is -2.42. The summed E-state index contributed by atoms with van der Waals surface area (Å²) in [5, 5.41) is 12.0. The number of hydrogen-bond acceptors (Lipinski definition) is 5. The quantitative estimate of drug-likeness (QED) is 0.770. The summed E-state index contributed by atoms with van der Waals surface area (Å²) in [6, 6.07) is 7.06. The van der Waals surface area contributed by atoms with Gasteiger partial charge in [0.1, 0.15) is 17.4 Å². The Morgan fingerprint density at radius 3 is 2.78 bits per heavy atom. The first-order valence-corrected chi connectivity index (χ1v) is 7.69. The summed E-state index contributed by atoms with van der Waals surface area (Å²) in [5.74, 6) is 0.129. The van der Waals surface area contributed by atoms with Gasteiger partial charge in [0.15, 0.2) is 0 Å². The monoisotopic (exact) mass is 315 g/mol. The summed E-state index contributed by atoms with van der Waals surface area (Å²) in [6.07, 6.45) is 1.49. The predicted octanol–water partition coefficient (Wildman–Crippen LogP) is 4.07. The molecule has 2 rings (SSSR count). The van der Waals surface area contributed by atoms with E-state index in [4.69, 9.17) is 10.00 Å². The third-order valence-electron chi connectivity index (χ3n) is 3.78. The van der Waals surface area contributed by atoms with Crippen molar-refractivity contribution in [1.82, 2.24) is 4.90 Å². The van der Waals surface area contributed by atoms with E-state index in [0.29, 0.717) is 13.1 Å². The highest BCUT2D eigenvalue weighted by atomic mass is 16.6. The highest BCUT2D eigenvalue weighted by molar-refractivity contribution is 5.68. The van der Waals surface area contributed by atoms with Gasteiger partial charge in [-0.05, 0) is 56.5 Å². The van der Waals surface area contributed by atoms with Crippen molar-refractivity contribution in [1.29, 1.82) is 5.26 Å². The molecule has 1 aliphatic heterocycles. The molecule has 0 N–H and O–H groups in total. The van der Waals surface area contributed by atoms with Crippen LogP contribution in [0.5, 0.6) is 0 Å². The van der Waals surface area contributed by atoms with Gasteiger partial charge in [0, 0.05) is 19.0 Å². The molecule has 1 amide bonds. The van der Waals surface area contributed by atoms with Crippen LogP contribution in [0.25, 0.3) is 0 Å². The molecule has 1 aliphatic rings. The summed E-state index contributed by atoms with van der Waals surface area (Å²) in [7, 11) is 0. The Kier molecular flexibility index (Phi) is 4.99. The third kappa shape index (κ3) is 4.28. The molecule has 1 fully saturated rings. The van der Waals surface area contributed by atoms with Gasteiger partial charge in [-0.25, -0.2) is 4.79 Å². The molecule has 1 heterocycles. The van der Waals surface area contributed by atoms with E-state index in [-0.39, 0.29) is 23.3 Å². The molecule has 23 heavy (non-hydrogen) atoms. The summed E-state index contributed by atoms with van der Waals surface area (Å²) in [6.45, 7) is 6.75. The van der Waals surface area contributed by atoms with Crippen LogP contribution < -0.4 is 0 Å². The van der Waals surface area contributed by atoms with Crippen molar-refractivity contribution in [3.63, 3.8) is 0 Å². The van der Waals surface area contributed by atoms with Gasteiger partial charge >= 0.3 is 6.09 Å². The zero-order valence-corrected chi connectivity index (χ0v) is 13.7. The number of benzene rings is 1. The van der Waals surface area contributed by atoms with E-state index in [0.717, 1.165) is 18.4 Å². The number of hydrogen-bond donors (Lipinski definition) is 0. The second kappa shape index (κ2) is 6.78. The molecule has 1 saturated heterocycles. The number of amides is 1. The highest BCUT2D eigenvalue weighted by Crippen LogP contribution is 2.30. The molecule has 6 nitrogen and oxygen atoms in total. The fraction of sp³-hybridized carbons (Fsp3) is 0.529. The largest absolute Gasteiger partial charge is 0.444 e. The molecule has 0 radical (unpaired) electrons. The minimum atomic E-state index is -0.519. The third-order valence-corrected chi connectivity index (χ3v) is 3.78. The van der Waals surface area contributed by atoms with Gasteiger partial charge in [0.25, 0.3) is 0 Å². The molecule has 0 aromatic heterocycles. The standard InChI is InChI=1S/C17H21N3O3/c1-17(2,3)23-16(21)20-8-4-5-13(11-20)12-6-7-15(19-22)14(9-12)10-18/h6-7,9,13H,4-5,8,11H2,1-3H3. The van der Waals surface area contributed by atoms with Crippen molar-refractivity contribution in [3.05, 3.63) is 34.2 Å². The number of nitroso groups, excluding NO2 is 1. The van der Waals surface area contributed by atoms with Crippen molar-refractivity contribution in [3.8, 4) is 6.07 Å². The number of nitrogens with zero attached hydrogens (tertiary/aromatic N) is 3. The van der Waals surface area contributed by atoms with E-state index in [1.807, 2.05) is 26.8 Å².